The molecule has 2 aromatic heterocycles. The molecular weight excluding hydrogens is 519 g/mol. The van der Waals surface area contributed by atoms with Crippen LogP contribution in [0.25, 0.3) is 11.5 Å². The molecule has 6 nitrogen and oxygen atoms in total. The van der Waals surface area contributed by atoms with Gasteiger partial charge in [0, 0.05) is 6.54 Å². The molecular formula is C22H15ClF7N5O. The Morgan fingerprint density at radius 1 is 1.03 bits per heavy atom. The maximum atomic E-state index is 13.7. The molecule has 2 aliphatic heterocycles. The van der Waals surface area contributed by atoms with Crippen LogP contribution in [0.2, 0.25) is 5.02 Å². The predicted octanol–water partition coefficient (Wildman–Crippen LogP) is 5.92. The first-order valence-corrected chi connectivity index (χ1v) is 11.1. The van der Waals surface area contributed by atoms with Crippen molar-refractivity contribution in [2.75, 3.05) is 0 Å². The number of nitrogens with zero attached hydrogens (tertiary/aromatic N) is 5. The fourth-order valence-electron chi connectivity index (χ4n) is 4.79. The van der Waals surface area contributed by atoms with Gasteiger partial charge in [-0.05, 0) is 37.5 Å². The molecule has 1 saturated heterocycles. The minimum Gasteiger partial charge on any atom is -0.324 e. The number of rotatable bonds is 2. The van der Waals surface area contributed by atoms with E-state index < -0.39 is 52.3 Å². The summed E-state index contributed by atoms with van der Waals surface area (Å²) < 4.78 is 94.8. The maximum absolute atomic E-state index is 13.7. The zero-order valence-corrected chi connectivity index (χ0v) is 18.8. The van der Waals surface area contributed by atoms with E-state index in [1.807, 2.05) is 0 Å². The van der Waals surface area contributed by atoms with Gasteiger partial charge in [0.25, 0.3) is 5.91 Å². The Morgan fingerprint density at radius 2 is 1.75 bits per heavy atom. The Labute approximate surface area is 203 Å². The Morgan fingerprint density at radius 3 is 2.44 bits per heavy atom. The summed E-state index contributed by atoms with van der Waals surface area (Å²) in [7, 11) is 0. The summed E-state index contributed by atoms with van der Waals surface area (Å²) in [5.74, 6) is -2.03. The van der Waals surface area contributed by atoms with E-state index in [0.717, 1.165) is 12.1 Å². The molecule has 0 radical (unpaired) electrons. The molecule has 5 rings (SSSR count). The van der Waals surface area contributed by atoms with Gasteiger partial charge in [-0.2, -0.15) is 26.3 Å². The van der Waals surface area contributed by atoms with Gasteiger partial charge in [0.2, 0.25) is 0 Å². The molecule has 2 unspecified atom stereocenters. The molecule has 2 bridgehead atoms. The van der Waals surface area contributed by atoms with Crippen molar-refractivity contribution < 1.29 is 35.5 Å². The van der Waals surface area contributed by atoms with Crippen molar-refractivity contribution in [1.29, 1.82) is 0 Å². The van der Waals surface area contributed by atoms with Crippen LogP contribution in [-0.4, -0.2) is 36.6 Å². The largest absolute Gasteiger partial charge is 0.419 e. The lowest BCUT2D eigenvalue weighted by Gasteiger charge is -2.45. The summed E-state index contributed by atoms with van der Waals surface area (Å²) in [4.78, 5) is 18.6. The number of hydrogen-bond donors (Lipinski definition) is 0. The van der Waals surface area contributed by atoms with Crippen molar-refractivity contribution in [3.8, 4) is 11.5 Å². The Bertz CT molecular complexity index is 1350. The molecule has 2 atom stereocenters. The number of halogens is 8. The lowest BCUT2D eigenvalue weighted by molar-refractivity contribution is -0.140. The van der Waals surface area contributed by atoms with Crippen molar-refractivity contribution in [1.82, 2.24) is 24.6 Å². The molecule has 0 N–H and O–H groups in total. The van der Waals surface area contributed by atoms with Gasteiger partial charge in [-0.25, -0.2) is 9.37 Å². The van der Waals surface area contributed by atoms with Gasteiger partial charge in [-0.1, -0.05) is 17.7 Å². The number of benzene rings is 1. The predicted molar refractivity (Wildman–Crippen MR) is 111 cm³/mol. The zero-order chi connectivity index (χ0) is 26.0. The van der Waals surface area contributed by atoms with Crippen LogP contribution in [0, 0.1) is 5.82 Å². The number of carbonyl (C=O) groups excluding carboxylic acids is 1. The fraction of sp³-hybridized carbons (Fsp3) is 0.364. The number of piperidine rings is 1. The number of alkyl halides is 6. The van der Waals surface area contributed by atoms with Crippen molar-refractivity contribution >= 4 is 17.5 Å². The van der Waals surface area contributed by atoms with Crippen LogP contribution >= 0.6 is 11.6 Å². The molecule has 1 aromatic carbocycles. The first kappa shape index (κ1) is 24.5. The summed E-state index contributed by atoms with van der Waals surface area (Å²) in [5, 5.41) is 7.31. The Balaban J connectivity index is 1.54. The molecule has 0 saturated carbocycles. The second kappa shape index (κ2) is 8.43. The molecule has 0 aliphatic carbocycles. The highest BCUT2D eigenvalue weighted by Gasteiger charge is 2.45. The third-order valence-corrected chi connectivity index (χ3v) is 6.78. The standard InChI is InChI=1S/C22H15ClF7N5O/c23-17-11(4-2-5-12(17)21(25,26)27)20(36)35-10-3-1-6-16(35)19-33-32-18(34(19)9-10)15-7-13(22(28,29)30)14(24)8-31-15/h2,4-5,7-8,10,16H,1,3,6,9H2. The van der Waals surface area contributed by atoms with E-state index in [2.05, 4.69) is 15.2 Å². The highest BCUT2D eigenvalue weighted by Crippen LogP contribution is 2.43. The topological polar surface area (TPSA) is 63.9 Å². The van der Waals surface area contributed by atoms with Crippen LogP contribution in [0.1, 0.15) is 52.6 Å². The van der Waals surface area contributed by atoms with E-state index in [1.165, 1.54) is 15.5 Å². The molecule has 1 amide bonds. The molecule has 36 heavy (non-hydrogen) atoms. The van der Waals surface area contributed by atoms with E-state index in [9.17, 15) is 35.5 Å². The molecule has 14 heteroatoms. The minimum absolute atomic E-state index is 0.0309. The van der Waals surface area contributed by atoms with Crippen molar-refractivity contribution in [3.63, 3.8) is 0 Å². The fourth-order valence-corrected chi connectivity index (χ4v) is 5.11. The van der Waals surface area contributed by atoms with Crippen LogP contribution in [0.5, 0.6) is 0 Å². The smallest absolute Gasteiger partial charge is 0.324 e. The second-order valence-corrected chi connectivity index (χ2v) is 8.90. The lowest BCUT2D eigenvalue weighted by Crippen LogP contribution is -2.52. The number of carbonyl (C=O) groups is 1. The first-order valence-electron chi connectivity index (χ1n) is 10.7. The number of hydrogen-bond acceptors (Lipinski definition) is 4. The SMILES string of the molecule is O=C(c1cccc(C(F)(F)F)c1Cl)N1C2CCCC1c1nnc(-c3cc(C(F)(F)F)c(F)cn3)n1C2. The normalized spacial score (nSPS) is 19.8. The van der Waals surface area contributed by atoms with Gasteiger partial charge in [-0.3, -0.25) is 4.79 Å². The Kier molecular flexibility index (Phi) is 5.73. The van der Waals surface area contributed by atoms with E-state index in [0.29, 0.717) is 31.5 Å². The zero-order valence-electron chi connectivity index (χ0n) is 18.0. The van der Waals surface area contributed by atoms with Gasteiger partial charge in [0.1, 0.15) is 5.69 Å². The second-order valence-electron chi connectivity index (χ2n) is 8.52. The van der Waals surface area contributed by atoms with Crippen LogP contribution in [0.3, 0.4) is 0 Å². The van der Waals surface area contributed by atoms with Crippen LogP contribution in [-0.2, 0) is 18.9 Å². The molecule has 1 fully saturated rings. The van der Waals surface area contributed by atoms with Gasteiger partial charge in [-0.15, -0.1) is 10.2 Å². The lowest BCUT2D eigenvalue weighted by atomic mass is 9.90. The van der Waals surface area contributed by atoms with Crippen LogP contribution < -0.4 is 0 Å². The number of aromatic nitrogens is 4. The molecule has 3 aromatic rings. The quantitative estimate of drug-likeness (QED) is 0.384. The van der Waals surface area contributed by atoms with E-state index in [4.69, 9.17) is 11.6 Å². The highest BCUT2D eigenvalue weighted by atomic mass is 35.5. The number of amides is 1. The number of fused-ring (bicyclic) bond motifs is 4. The van der Waals surface area contributed by atoms with Crippen LogP contribution in [0.4, 0.5) is 30.7 Å². The first-order chi connectivity index (χ1) is 16.9. The van der Waals surface area contributed by atoms with Crippen molar-refractivity contribution in [2.24, 2.45) is 0 Å². The van der Waals surface area contributed by atoms with E-state index in [-0.39, 0.29) is 29.5 Å². The third-order valence-electron chi connectivity index (χ3n) is 6.37. The van der Waals surface area contributed by atoms with Gasteiger partial charge in [0.15, 0.2) is 17.5 Å². The monoisotopic (exact) mass is 533 g/mol. The van der Waals surface area contributed by atoms with Crippen molar-refractivity contribution in [3.05, 3.63) is 63.8 Å². The van der Waals surface area contributed by atoms with Gasteiger partial charge in [0.05, 0.1) is 40.0 Å². The summed E-state index contributed by atoms with van der Waals surface area (Å²) in [6.07, 6.45) is -7.67. The third kappa shape index (κ3) is 3.98. The highest BCUT2D eigenvalue weighted by molar-refractivity contribution is 6.34. The molecule has 190 valence electrons. The summed E-state index contributed by atoms with van der Waals surface area (Å²) in [6.45, 7) is 0.0664. The molecule has 2 aliphatic rings. The van der Waals surface area contributed by atoms with Gasteiger partial charge < -0.3 is 9.47 Å². The average molecular weight is 534 g/mol. The van der Waals surface area contributed by atoms with Crippen LogP contribution in [0.15, 0.2) is 30.5 Å². The maximum Gasteiger partial charge on any atom is 0.419 e. The summed E-state index contributed by atoms with van der Waals surface area (Å²) in [6, 6.07) is 2.43. The van der Waals surface area contributed by atoms with E-state index in [1.54, 1.807) is 0 Å². The minimum atomic E-state index is -4.95. The Hall–Kier alpha value is -3.22. The molecule has 4 heterocycles. The molecule has 0 spiro atoms. The number of pyridine rings is 1. The van der Waals surface area contributed by atoms with Gasteiger partial charge >= 0.3 is 12.4 Å². The summed E-state index contributed by atoms with van der Waals surface area (Å²) in [5.41, 5.74) is -3.20. The van der Waals surface area contributed by atoms with E-state index >= 15 is 0 Å². The average Bonchev–Trinajstić information content (AvgIpc) is 3.20. The van der Waals surface area contributed by atoms with Crippen molar-refractivity contribution in [2.45, 2.75) is 50.2 Å². The summed E-state index contributed by atoms with van der Waals surface area (Å²) >= 11 is 5.98.